The fraction of sp³-hybridized carbons (Fsp3) is 0.0500. The number of amides is 2. The number of hydrogen-bond donors (Lipinski definition) is 2. The van der Waals surface area contributed by atoms with Gasteiger partial charge in [-0.2, -0.15) is 4.98 Å². The maximum absolute atomic E-state index is 13.8. The summed E-state index contributed by atoms with van der Waals surface area (Å²) >= 11 is 1.50. The maximum atomic E-state index is 13.8. The zero-order chi connectivity index (χ0) is 19.5. The van der Waals surface area contributed by atoms with E-state index in [-0.39, 0.29) is 12.2 Å². The molecule has 0 unspecified atom stereocenters. The van der Waals surface area contributed by atoms with Crippen LogP contribution in [0.3, 0.4) is 0 Å². The van der Waals surface area contributed by atoms with Gasteiger partial charge in [-0.15, -0.1) is 11.3 Å². The SMILES string of the molecule is O=C(Nc1ccccc1F)Nc1c2ccccc2nc(=O)n1Cc1cccs1. The van der Waals surface area contributed by atoms with E-state index >= 15 is 0 Å². The Morgan fingerprint density at radius 3 is 2.61 bits per heavy atom. The first-order chi connectivity index (χ1) is 13.6. The zero-order valence-electron chi connectivity index (χ0n) is 14.6. The van der Waals surface area contributed by atoms with Crippen molar-refractivity contribution in [1.82, 2.24) is 9.55 Å². The number of rotatable bonds is 4. The van der Waals surface area contributed by atoms with Gasteiger partial charge in [0.2, 0.25) is 0 Å². The van der Waals surface area contributed by atoms with Crippen LogP contribution in [0.5, 0.6) is 0 Å². The minimum atomic E-state index is -0.652. The van der Waals surface area contributed by atoms with Crippen LogP contribution in [0.4, 0.5) is 20.7 Å². The molecule has 8 heteroatoms. The molecule has 0 saturated heterocycles. The van der Waals surface area contributed by atoms with Gasteiger partial charge in [-0.3, -0.25) is 9.88 Å². The summed E-state index contributed by atoms with van der Waals surface area (Å²) in [4.78, 5) is 30.2. The quantitative estimate of drug-likeness (QED) is 0.542. The van der Waals surface area contributed by atoms with Crippen LogP contribution in [-0.2, 0) is 6.54 Å². The molecule has 0 fully saturated rings. The fourth-order valence-electron chi connectivity index (χ4n) is 2.84. The first kappa shape index (κ1) is 17.9. The number of thiophene rings is 1. The lowest BCUT2D eigenvalue weighted by atomic mass is 10.2. The lowest BCUT2D eigenvalue weighted by Gasteiger charge is -2.16. The Morgan fingerprint density at radius 2 is 1.82 bits per heavy atom. The number of aromatic nitrogens is 2. The minimum absolute atomic E-state index is 0.0468. The Morgan fingerprint density at radius 1 is 1.04 bits per heavy atom. The standard InChI is InChI=1S/C20H15FN4O2S/c21-15-8-2-4-10-17(15)22-19(26)24-18-14-7-1-3-9-16(14)23-20(27)25(18)12-13-6-5-11-28-13/h1-11H,12H2,(H2,22,24,26). The van der Waals surface area contributed by atoms with Gasteiger partial charge in [0.1, 0.15) is 11.6 Å². The van der Waals surface area contributed by atoms with E-state index in [2.05, 4.69) is 15.6 Å². The zero-order valence-corrected chi connectivity index (χ0v) is 15.4. The fourth-order valence-corrected chi connectivity index (χ4v) is 3.53. The van der Waals surface area contributed by atoms with E-state index in [1.807, 2.05) is 17.5 Å². The number of fused-ring (bicyclic) bond motifs is 1. The molecule has 2 N–H and O–H groups in total. The second-order valence-corrected chi connectivity index (χ2v) is 7.02. The lowest BCUT2D eigenvalue weighted by molar-refractivity contribution is 0.262. The third-order valence-corrected chi connectivity index (χ3v) is 4.99. The van der Waals surface area contributed by atoms with Gasteiger partial charge in [0.05, 0.1) is 17.7 Å². The number of para-hydroxylation sites is 2. The summed E-state index contributed by atoms with van der Waals surface area (Å²) in [6.45, 7) is 0.268. The van der Waals surface area contributed by atoms with Crippen molar-refractivity contribution < 1.29 is 9.18 Å². The molecular weight excluding hydrogens is 379 g/mol. The number of urea groups is 1. The first-order valence-corrected chi connectivity index (χ1v) is 9.34. The molecule has 2 amide bonds. The van der Waals surface area contributed by atoms with Crippen LogP contribution in [0.25, 0.3) is 10.9 Å². The second-order valence-electron chi connectivity index (χ2n) is 5.98. The van der Waals surface area contributed by atoms with Gasteiger partial charge < -0.3 is 5.32 Å². The molecule has 0 saturated carbocycles. The molecule has 140 valence electrons. The number of carbonyl (C=O) groups excluding carboxylic acids is 1. The van der Waals surface area contributed by atoms with Gasteiger partial charge in [-0.25, -0.2) is 14.0 Å². The normalized spacial score (nSPS) is 10.8. The van der Waals surface area contributed by atoms with E-state index in [9.17, 15) is 14.0 Å². The van der Waals surface area contributed by atoms with Crippen molar-refractivity contribution >= 4 is 39.8 Å². The molecule has 0 aliphatic heterocycles. The van der Waals surface area contributed by atoms with E-state index < -0.39 is 17.5 Å². The van der Waals surface area contributed by atoms with Gasteiger partial charge in [-0.05, 0) is 35.7 Å². The van der Waals surface area contributed by atoms with Crippen LogP contribution < -0.4 is 16.3 Å². The number of hydrogen-bond acceptors (Lipinski definition) is 4. The molecule has 28 heavy (non-hydrogen) atoms. The van der Waals surface area contributed by atoms with Gasteiger partial charge in [-0.1, -0.05) is 30.3 Å². The average Bonchev–Trinajstić information content (AvgIpc) is 3.19. The van der Waals surface area contributed by atoms with Crippen LogP contribution in [0.15, 0.2) is 70.8 Å². The Labute approximate surface area is 163 Å². The number of nitrogens with one attached hydrogen (secondary N) is 2. The Balaban J connectivity index is 1.74. The van der Waals surface area contributed by atoms with Gasteiger partial charge in [0, 0.05) is 10.3 Å². The lowest BCUT2D eigenvalue weighted by Crippen LogP contribution is -2.30. The van der Waals surface area contributed by atoms with Crippen LogP contribution in [0, 0.1) is 5.82 Å². The van der Waals surface area contributed by atoms with E-state index in [0.29, 0.717) is 16.7 Å². The van der Waals surface area contributed by atoms with Gasteiger partial charge >= 0.3 is 11.7 Å². The number of benzene rings is 2. The molecule has 2 heterocycles. The summed E-state index contributed by atoms with van der Waals surface area (Å²) in [6.07, 6.45) is 0. The summed E-state index contributed by atoms with van der Waals surface area (Å²) in [6, 6.07) is 16.0. The molecule has 0 aliphatic carbocycles. The van der Waals surface area contributed by atoms with E-state index in [0.717, 1.165) is 4.88 Å². The number of carbonyl (C=O) groups is 1. The van der Waals surface area contributed by atoms with Gasteiger partial charge in [0.25, 0.3) is 0 Å². The van der Waals surface area contributed by atoms with Gasteiger partial charge in [0.15, 0.2) is 0 Å². The van der Waals surface area contributed by atoms with Crippen LogP contribution >= 0.6 is 11.3 Å². The number of anilines is 2. The van der Waals surface area contributed by atoms with Crippen molar-refractivity contribution in [3.8, 4) is 0 Å². The summed E-state index contributed by atoms with van der Waals surface area (Å²) in [5, 5.41) is 7.69. The third-order valence-electron chi connectivity index (χ3n) is 4.12. The third kappa shape index (κ3) is 3.63. The molecule has 4 aromatic rings. The summed E-state index contributed by atoms with van der Waals surface area (Å²) in [5.41, 5.74) is 0.0370. The average molecular weight is 394 g/mol. The largest absolute Gasteiger partial charge is 0.350 e. The van der Waals surface area contributed by atoms with Crippen LogP contribution in [0.2, 0.25) is 0 Å². The highest BCUT2D eigenvalue weighted by molar-refractivity contribution is 7.09. The Kier molecular flexibility index (Phi) is 4.86. The second kappa shape index (κ2) is 7.61. The smallest absolute Gasteiger partial charge is 0.305 e. The molecule has 2 aromatic heterocycles. The topological polar surface area (TPSA) is 76.0 Å². The molecule has 0 radical (unpaired) electrons. The molecule has 0 atom stereocenters. The van der Waals surface area contributed by atoms with Crippen molar-refractivity contribution in [3.63, 3.8) is 0 Å². The predicted octanol–water partition coefficient (Wildman–Crippen LogP) is 4.29. The molecule has 6 nitrogen and oxygen atoms in total. The van der Waals surface area contributed by atoms with Crippen molar-refractivity contribution in [2.24, 2.45) is 0 Å². The molecular formula is C20H15FN4O2S. The summed E-state index contributed by atoms with van der Waals surface area (Å²) in [5.74, 6) is -0.244. The highest BCUT2D eigenvalue weighted by Crippen LogP contribution is 2.22. The van der Waals surface area contributed by atoms with E-state index in [4.69, 9.17) is 0 Å². The summed E-state index contributed by atoms with van der Waals surface area (Å²) in [7, 11) is 0. The Bertz CT molecular complexity index is 1200. The van der Waals surface area contributed by atoms with Crippen molar-refractivity contribution in [3.05, 3.63) is 87.2 Å². The molecule has 0 aliphatic rings. The van der Waals surface area contributed by atoms with Crippen LogP contribution in [0.1, 0.15) is 4.88 Å². The highest BCUT2D eigenvalue weighted by Gasteiger charge is 2.15. The first-order valence-electron chi connectivity index (χ1n) is 8.46. The molecule has 0 spiro atoms. The maximum Gasteiger partial charge on any atom is 0.350 e. The van der Waals surface area contributed by atoms with Crippen molar-refractivity contribution in [2.75, 3.05) is 10.6 Å². The predicted molar refractivity (Wildman–Crippen MR) is 108 cm³/mol. The molecule has 4 rings (SSSR count). The molecule has 0 bridgehead atoms. The molecule has 2 aromatic carbocycles. The van der Waals surface area contributed by atoms with Crippen molar-refractivity contribution in [2.45, 2.75) is 6.54 Å². The highest BCUT2D eigenvalue weighted by atomic mass is 32.1. The van der Waals surface area contributed by atoms with E-state index in [1.54, 1.807) is 30.3 Å². The van der Waals surface area contributed by atoms with E-state index in [1.165, 1.54) is 34.1 Å². The Hall–Kier alpha value is -3.52. The summed E-state index contributed by atoms with van der Waals surface area (Å²) < 4.78 is 15.2. The number of nitrogens with zero attached hydrogens (tertiary/aromatic N) is 2. The van der Waals surface area contributed by atoms with Crippen LogP contribution in [-0.4, -0.2) is 15.6 Å². The number of halogens is 1. The minimum Gasteiger partial charge on any atom is -0.305 e. The van der Waals surface area contributed by atoms with Crippen molar-refractivity contribution in [1.29, 1.82) is 0 Å². The monoisotopic (exact) mass is 394 g/mol.